The molecule has 0 bridgehead atoms. The van der Waals surface area contributed by atoms with Crippen LogP contribution in [0.25, 0.3) is 0 Å². The number of rotatable bonds is 4. The molecule has 0 amide bonds. The van der Waals surface area contributed by atoms with Crippen molar-refractivity contribution >= 4 is 34.8 Å². The summed E-state index contributed by atoms with van der Waals surface area (Å²) in [6, 6.07) is 6.12. The minimum absolute atomic E-state index is 0.276. The number of ether oxygens (including phenoxy) is 1. The van der Waals surface area contributed by atoms with Gasteiger partial charge < -0.3 is 14.9 Å². The van der Waals surface area contributed by atoms with Crippen LogP contribution >= 0.6 is 34.8 Å². The fourth-order valence-electron chi connectivity index (χ4n) is 1.70. The fourth-order valence-corrected chi connectivity index (χ4v) is 2.35. The molecule has 1 aromatic carbocycles. The molecule has 0 saturated carbocycles. The fraction of sp³-hybridized carbons (Fsp3) is 0.231. The molecule has 2 rings (SSSR count). The van der Waals surface area contributed by atoms with Crippen LogP contribution < -0.4 is 10.5 Å². The average Bonchev–Trinajstić information content (AvgIpc) is 2.79. The zero-order valence-electron chi connectivity index (χ0n) is 10.1. The predicted octanol–water partition coefficient (Wildman–Crippen LogP) is 4.69. The molecule has 0 spiro atoms. The first-order valence-corrected chi connectivity index (χ1v) is 6.79. The molecule has 0 aliphatic carbocycles. The Morgan fingerprint density at radius 2 is 1.95 bits per heavy atom. The van der Waals surface area contributed by atoms with E-state index in [0.717, 1.165) is 0 Å². The summed E-state index contributed by atoms with van der Waals surface area (Å²) < 4.78 is 10.6. The molecular formula is C13H12Cl3NO2. The second-order valence-electron chi connectivity index (χ2n) is 3.86. The minimum Gasteiger partial charge on any atom is -0.492 e. The predicted molar refractivity (Wildman–Crippen MR) is 77.4 cm³/mol. The Labute approximate surface area is 126 Å². The number of furan rings is 1. The quantitative estimate of drug-likeness (QED) is 0.889. The molecule has 3 nitrogen and oxygen atoms in total. The van der Waals surface area contributed by atoms with Gasteiger partial charge in [0.1, 0.15) is 11.5 Å². The Balaban J connectivity index is 2.37. The van der Waals surface area contributed by atoms with E-state index < -0.39 is 6.04 Å². The van der Waals surface area contributed by atoms with Crippen LogP contribution in [0, 0.1) is 0 Å². The zero-order chi connectivity index (χ0) is 14.0. The summed E-state index contributed by atoms with van der Waals surface area (Å²) in [7, 11) is 0. The molecular weight excluding hydrogens is 309 g/mol. The van der Waals surface area contributed by atoms with Crippen LogP contribution in [-0.2, 0) is 0 Å². The van der Waals surface area contributed by atoms with Crippen LogP contribution in [0.2, 0.25) is 15.3 Å². The van der Waals surface area contributed by atoms with Gasteiger partial charge in [0.25, 0.3) is 0 Å². The van der Waals surface area contributed by atoms with Gasteiger partial charge in [-0.2, -0.15) is 0 Å². The normalized spacial score (nSPS) is 12.5. The summed E-state index contributed by atoms with van der Waals surface area (Å²) in [6.07, 6.45) is 0. The minimum atomic E-state index is -0.534. The molecule has 1 atom stereocenters. The van der Waals surface area contributed by atoms with E-state index in [1.807, 2.05) is 6.92 Å². The average molecular weight is 321 g/mol. The summed E-state index contributed by atoms with van der Waals surface area (Å²) in [5, 5.41) is 1.20. The van der Waals surface area contributed by atoms with Crippen molar-refractivity contribution in [3.05, 3.63) is 50.9 Å². The molecule has 1 aromatic heterocycles. The van der Waals surface area contributed by atoms with Gasteiger partial charge in [0.2, 0.25) is 0 Å². The van der Waals surface area contributed by atoms with Crippen molar-refractivity contribution in [3.8, 4) is 5.75 Å². The van der Waals surface area contributed by atoms with Gasteiger partial charge in [-0.25, -0.2) is 0 Å². The second-order valence-corrected chi connectivity index (χ2v) is 5.04. The first-order chi connectivity index (χ1) is 9.02. The van der Waals surface area contributed by atoms with Crippen molar-refractivity contribution in [2.24, 2.45) is 5.73 Å². The largest absolute Gasteiger partial charge is 0.492 e. The highest BCUT2D eigenvalue weighted by Gasteiger charge is 2.18. The van der Waals surface area contributed by atoms with E-state index in [-0.39, 0.29) is 5.22 Å². The Kier molecular flexibility index (Phi) is 4.63. The molecule has 19 heavy (non-hydrogen) atoms. The van der Waals surface area contributed by atoms with E-state index in [9.17, 15) is 0 Å². The van der Waals surface area contributed by atoms with Gasteiger partial charge in [0.15, 0.2) is 5.22 Å². The number of halogens is 3. The van der Waals surface area contributed by atoms with Crippen LogP contribution in [0.3, 0.4) is 0 Å². The van der Waals surface area contributed by atoms with E-state index in [2.05, 4.69) is 0 Å². The summed E-state index contributed by atoms with van der Waals surface area (Å²) in [5.74, 6) is 1.05. The van der Waals surface area contributed by atoms with E-state index >= 15 is 0 Å². The number of benzene rings is 1. The second kappa shape index (κ2) is 6.06. The molecule has 1 heterocycles. The van der Waals surface area contributed by atoms with Gasteiger partial charge in [0.05, 0.1) is 17.7 Å². The van der Waals surface area contributed by atoms with Crippen molar-refractivity contribution in [1.82, 2.24) is 0 Å². The molecule has 0 fully saturated rings. The lowest BCUT2D eigenvalue weighted by Crippen LogP contribution is -2.11. The van der Waals surface area contributed by atoms with Gasteiger partial charge >= 0.3 is 0 Å². The van der Waals surface area contributed by atoms with Crippen LogP contribution in [-0.4, -0.2) is 6.61 Å². The zero-order valence-corrected chi connectivity index (χ0v) is 12.4. The van der Waals surface area contributed by atoms with Gasteiger partial charge in [0, 0.05) is 11.1 Å². The molecule has 102 valence electrons. The first kappa shape index (κ1) is 14.5. The maximum absolute atomic E-state index is 6.20. The monoisotopic (exact) mass is 319 g/mol. The highest BCUT2D eigenvalue weighted by Crippen LogP contribution is 2.36. The maximum atomic E-state index is 6.20. The summed E-state index contributed by atoms with van der Waals surface area (Å²) in [6.45, 7) is 2.38. The highest BCUT2D eigenvalue weighted by molar-refractivity contribution is 6.34. The van der Waals surface area contributed by atoms with E-state index in [0.29, 0.717) is 33.7 Å². The van der Waals surface area contributed by atoms with Gasteiger partial charge in [-0.05, 0) is 42.3 Å². The third kappa shape index (κ3) is 3.18. The van der Waals surface area contributed by atoms with Gasteiger partial charge in [-0.1, -0.05) is 23.2 Å². The first-order valence-electron chi connectivity index (χ1n) is 5.65. The molecule has 0 aliphatic rings. The smallest absolute Gasteiger partial charge is 0.193 e. The third-order valence-corrected chi connectivity index (χ3v) is 3.41. The summed E-state index contributed by atoms with van der Waals surface area (Å²) in [5.41, 5.74) is 6.74. The molecule has 2 aromatic rings. The number of hydrogen-bond donors (Lipinski definition) is 1. The molecule has 1 unspecified atom stereocenters. The molecule has 2 N–H and O–H groups in total. The van der Waals surface area contributed by atoms with Crippen molar-refractivity contribution < 1.29 is 9.15 Å². The summed E-state index contributed by atoms with van der Waals surface area (Å²) in [4.78, 5) is 0. The van der Waals surface area contributed by atoms with Crippen molar-refractivity contribution in [3.63, 3.8) is 0 Å². The molecule has 6 heteroatoms. The van der Waals surface area contributed by atoms with Crippen molar-refractivity contribution in [2.75, 3.05) is 6.61 Å². The maximum Gasteiger partial charge on any atom is 0.193 e. The van der Waals surface area contributed by atoms with E-state index in [1.54, 1.807) is 24.3 Å². The lowest BCUT2D eigenvalue weighted by atomic mass is 10.1. The third-order valence-electron chi connectivity index (χ3n) is 2.59. The Bertz CT molecular complexity index is 583. The Hall–Kier alpha value is -0.870. The van der Waals surface area contributed by atoms with Crippen LogP contribution in [0.4, 0.5) is 0 Å². The standard InChI is InChI=1S/C13H12Cl3NO2/c1-2-18-11-6-8(14)7(5-9(11)15)13(17)10-3-4-12(16)19-10/h3-6,13H,2,17H2,1H3. The van der Waals surface area contributed by atoms with Crippen molar-refractivity contribution in [2.45, 2.75) is 13.0 Å². The topological polar surface area (TPSA) is 48.4 Å². The van der Waals surface area contributed by atoms with E-state index in [4.69, 9.17) is 49.7 Å². The van der Waals surface area contributed by atoms with Crippen LogP contribution in [0.15, 0.2) is 28.7 Å². The molecule has 0 saturated heterocycles. The molecule has 0 radical (unpaired) electrons. The van der Waals surface area contributed by atoms with Gasteiger partial charge in [-0.3, -0.25) is 0 Å². The van der Waals surface area contributed by atoms with Crippen LogP contribution in [0.5, 0.6) is 5.75 Å². The van der Waals surface area contributed by atoms with Crippen LogP contribution in [0.1, 0.15) is 24.3 Å². The molecule has 0 aliphatic heterocycles. The SMILES string of the molecule is CCOc1cc(Cl)c(C(N)c2ccc(Cl)o2)cc1Cl. The highest BCUT2D eigenvalue weighted by atomic mass is 35.5. The lowest BCUT2D eigenvalue weighted by molar-refractivity contribution is 0.340. The summed E-state index contributed by atoms with van der Waals surface area (Å²) >= 11 is 18.0. The Morgan fingerprint density at radius 1 is 1.21 bits per heavy atom. The number of hydrogen-bond acceptors (Lipinski definition) is 3. The Morgan fingerprint density at radius 3 is 2.53 bits per heavy atom. The number of nitrogens with two attached hydrogens (primary N) is 1. The van der Waals surface area contributed by atoms with Gasteiger partial charge in [-0.15, -0.1) is 0 Å². The lowest BCUT2D eigenvalue weighted by Gasteiger charge is -2.14. The van der Waals surface area contributed by atoms with Crippen molar-refractivity contribution in [1.29, 1.82) is 0 Å². The van der Waals surface area contributed by atoms with E-state index in [1.165, 1.54) is 0 Å².